The van der Waals surface area contributed by atoms with Crippen molar-refractivity contribution < 1.29 is 8.42 Å². The van der Waals surface area contributed by atoms with Crippen LogP contribution in [0.15, 0.2) is 24.7 Å². The van der Waals surface area contributed by atoms with Gasteiger partial charge in [-0.15, -0.1) is 0 Å². The molecule has 0 spiro atoms. The molecule has 0 radical (unpaired) electrons. The van der Waals surface area contributed by atoms with E-state index in [4.69, 9.17) is 15.0 Å². The molecule has 0 saturated carbocycles. The second-order valence-electron chi connectivity index (χ2n) is 9.25. The molecule has 2 aliphatic heterocycles. The SMILES string of the molecule is CCN1CCN(c2ncc(-c3cnc4[nH]ccc4n3)c(C[C@H]3CCCN(S(C)(=O)=O)C3)n2)CC1. The number of aromatic nitrogens is 5. The number of aromatic amines is 1. The van der Waals surface area contributed by atoms with Crippen LogP contribution in [0.3, 0.4) is 0 Å². The van der Waals surface area contributed by atoms with E-state index in [2.05, 4.69) is 26.7 Å². The van der Waals surface area contributed by atoms with E-state index in [9.17, 15) is 8.42 Å². The molecule has 5 heterocycles. The Bertz CT molecular complexity index is 1250. The molecule has 5 rings (SSSR count). The number of hydrogen-bond donors (Lipinski definition) is 1. The standard InChI is InChI=1S/C23H32N8O2S/c1-3-29-9-11-30(12-10-29)23-26-14-18(21-15-25-22-19(27-21)6-7-24-22)20(28-23)13-17-5-4-8-31(16-17)34(2,32)33/h6-7,14-15,17H,3-5,8-13,16H2,1-2H3,(H,24,25)/t17-/m1/s1. The van der Waals surface area contributed by atoms with E-state index in [1.807, 2.05) is 18.5 Å². The van der Waals surface area contributed by atoms with Crippen molar-refractivity contribution in [2.75, 3.05) is 57.0 Å². The lowest BCUT2D eigenvalue weighted by molar-refractivity contribution is 0.265. The predicted octanol–water partition coefficient (Wildman–Crippen LogP) is 1.77. The van der Waals surface area contributed by atoms with Crippen molar-refractivity contribution in [2.24, 2.45) is 5.92 Å². The molecule has 1 atom stereocenters. The van der Waals surface area contributed by atoms with E-state index in [1.165, 1.54) is 6.26 Å². The molecule has 2 fully saturated rings. The van der Waals surface area contributed by atoms with Gasteiger partial charge in [0.15, 0.2) is 5.65 Å². The molecule has 0 aliphatic carbocycles. The summed E-state index contributed by atoms with van der Waals surface area (Å²) in [4.78, 5) is 26.8. The van der Waals surface area contributed by atoms with Crippen molar-refractivity contribution in [3.63, 3.8) is 0 Å². The lowest BCUT2D eigenvalue weighted by Gasteiger charge is -2.34. The highest BCUT2D eigenvalue weighted by atomic mass is 32.2. The maximum atomic E-state index is 12.2. The number of piperidine rings is 1. The fourth-order valence-electron chi connectivity index (χ4n) is 4.92. The van der Waals surface area contributed by atoms with Gasteiger partial charge in [-0.2, -0.15) is 0 Å². The summed E-state index contributed by atoms with van der Waals surface area (Å²) in [6.45, 7) is 8.14. The number of anilines is 1. The maximum absolute atomic E-state index is 12.2. The number of rotatable bonds is 6. The van der Waals surface area contributed by atoms with E-state index in [0.717, 1.165) is 79.6 Å². The summed E-state index contributed by atoms with van der Waals surface area (Å²) in [6, 6.07) is 1.90. The van der Waals surface area contributed by atoms with Gasteiger partial charge < -0.3 is 14.8 Å². The average molecular weight is 485 g/mol. The van der Waals surface area contributed by atoms with Crippen LogP contribution in [0.4, 0.5) is 5.95 Å². The summed E-state index contributed by atoms with van der Waals surface area (Å²) in [6.07, 6.45) is 9.25. The molecular weight excluding hydrogens is 452 g/mol. The van der Waals surface area contributed by atoms with Crippen molar-refractivity contribution in [1.82, 2.24) is 34.1 Å². The minimum absolute atomic E-state index is 0.200. The van der Waals surface area contributed by atoms with E-state index >= 15 is 0 Å². The van der Waals surface area contributed by atoms with E-state index in [1.54, 1.807) is 10.5 Å². The predicted molar refractivity (Wildman–Crippen MR) is 132 cm³/mol. The molecule has 3 aromatic rings. The van der Waals surface area contributed by atoms with Crippen LogP contribution >= 0.6 is 0 Å². The van der Waals surface area contributed by atoms with Gasteiger partial charge >= 0.3 is 0 Å². The summed E-state index contributed by atoms with van der Waals surface area (Å²) in [5.74, 6) is 0.937. The number of fused-ring (bicyclic) bond motifs is 1. The molecule has 182 valence electrons. The molecule has 0 amide bonds. The highest BCUT2D eigenvalue weighted by Gasteiger charge is 2.28. The third-order valence-electron chi connectivity index (χ3n) is 6.93. The quantitative estimate of drug-likeness (QED) is 0.564. The minimum Gasteiger partial charge on any atom is -0.345 e. The number of H-pyrrole nitrogens is 1. The molecule has 0 bridgehead atoms. The normalized spacial score (nSPS) is 20.8. The smallest absolute Gasteiger partial charge is 0.225 e. The van der Waals surface area contributed by atoms with Crippen LogP contribution in [0.2, 0.25) is 0 Å². The molecule has 1 N–H and O–H groups in total. The Labute approximate surface area is 200 Å². The zero-order valence-electron chi connectivity index (χ0n) is 19.8. The molecule has 2 saturated heterocycles. The first-order valence-corrected chi connectivity index (χ1v) is 13.8. The third kappa shape index (κ3) is 4.91. The summed E-state index contributed by atoms with van der Waals surface area (Å²) >= 11 is 0. The lowest BCUT2D eigenvalue weighted by atomic mass is 9.92. The van der Waals surface area contributed by atoms with Gasteiger partial charge in [0.25, 0.3) is 0 Å². The van der Waals surface area contributed by atoms with Crippen LogP contribution in [0, 0.1) is 5.92 Å². The van der Waals surface area contributed by atoms with E-state index in [-0.39, 0.29) is 5.92 Å². The topological polar surface area (TPSA) is 111 Å². The number of nitrogens with one attached hydrogen (secondary N) is 1. The monoisotopic (exact) mass is 484 g/mol. The Morgan fingerprint density at radius 3 is 2.68 bits per heavy atom. The first-order chi connectivity index (χ1) is 16.4. The first kappa shape index (κ1) is 23.1. The van der Waals surface area contributed by atoms with E-state index in [0.29, 0.717) is 19.5 Å². The lowest BCUT2D eigenvalue weighted by Crippen LogP contribution is -2.46. The number of likely N-dealkylation sites (N-methyl/N-ethyl adjacent to an activating group) is 1. The maximum Gasteiger partial charge on any atom is 0.225 e. The number of piperazine rings is 1. The minimum atomic E-state index is -3.20. The Hall–Kier alpha value is -2.63. The van der Waals surface area contributed by atoms with Crippen LogP contribution in [-0.4, -0.2) is 94.6 Å². The fraction of sp³-hybridized carbons (Fsp3) is 0.565. The van der Waals surface area contributed by atoms with Gasteiger partial charge in [-0.25, -0.2) is 32.7 Å². The summed E-state index contributed by atoms with van der Waals surface area (Å²) in [7, 11) is -3.20. The highest BCUT2D eigenvalue weighted by molar-refractivity contribution is 7.88. The first-order valence-electron chi connectivity index (χ1n) is 12.0. The Morgan fingerprint density at radius 1 is 1.09 bits per heavy atom. The molecule has 0 aromatic carbocycles. The number of nitrogens with zero attached hydrogens (tertiary/aromatic N) is 7. The van der Waals surface area contributed by atoms with Crippen molar-refractivity contribution >= 4 is 27.1 Å². The van der Waals surface area contributed by atoms with Crippen LogP contribution in [0.5, 0.6) is 0 Å². The van der Waals surface area contributed by atoms with Gasteiger partial charge in [0.1, 0.15) is 5.52 Å². The van der Waals surface area contributed by atoms with Crippen molar-refractivity contribution in [1.29, 1.82) is 0 Å². The van der Waals surface area contributed by atoms with Crippen molar-refractivity contribution in [3.8, 4) is 11.3 Å². The van der Waals surface area contributed by atoms with Gasteiger partial charge in [0.05, 0.1) is 23.8 Å². The molecule has 2 aliphatic rings. The zero-order valence-corrected chi connectivity index (χ0v) is 20.6. The molecular formula is C23H32N8O2S. The Morgan fingerprint density at radius 2 is 1.91 bits per heavy atom. The van der Waals surface area contributed by atoms with E-state index < -0.39 is 10.0 Å². The number of hydrogen-bond acceptors (Lipinski definition) is 8. The summed E-state index contributed by atoms with van der Waals surface area (Å²) in [5.41, 5.74) is 4.05. The third-order valence-corrected chi connectivity index (χ3v) is 8.20. The number of sulfonamides is 1. The summed E-state index contributed by atoms with van der Waals surface area (Å²) in [5, 5.41) is 0. The van der Waals surface area contributed by atoms with Gasteiger partial charge in [0, 0.05) is 57.2 Å². The Kier molecular flexibility index (Phi) is 6.50. The van der Waals surface area contributed by atoms with Crippen LogP contribution in [-0.2, 0) is 16.4 Å². The molecule has 11 heteroatoms. The molecule has 10 nitrogen and oxygen atoms in total. The van der Waals surface area contributed by atoms with Crippen molar-refractivity contribution in [2.45, 2.75) is 26.2 Å². The largest absolute Gasteiger partial charge is 0.345 e. The molecule has 3 aromatic heterocycles. The van der Waals surface area contributed by atoms with Gasteiger partial charge in [-0.05, 0) is 37.8 Å². The Balaban J connectivity index is 1.47. The van der Waals surface area contributed by atoms with Crippen LogP contribution < -0.4 is 4.90 Å². The fourth-order valence-corrected chi connectivity index (χ4v) is 5.86. The highest BCUT2D eigenvalue weighted by Crippen LogP contribution is 2.29. The second kappa shape index (κ2) is 9.55. The van der Waals surface area contributed by atoms with Crippen LogP contribution in [0.1, 0.15) is 25.5 Å². The van der Waals surface area contributed by atoms with Crippen LogP contribution in [0.25, 0.3) is 22.4 Å². The zero-order chi connectivity index (χ0) is 23.7. The van der Waals surface area contributed by atoms with Crippen molar-refractivity contribution in [3.05, 3.63) is 30.4 Å². The summed E-state index contributed by atoms with van der Waals surface area (Å²) < 4.78 is 25.9. The van der Waals surface area contributed by atoms with Gasteiger partial charge in [0.2, 0.25) is 16.0 Å². The molecule has 0 unspecified atom stereocenters. The van der Waals surface area contributed by atoms with Gasteiger partial charge in [-0.3, -0.25) is 0 Å². The average Bonchev–Trinajstić information content (AvgIpc) is 3.32. The van der Waals surface area contributed by atoms with Gasteiger partial charge in [-0.1, -0.05) is 6.92 Å². The second-order valence-corrected chi connectivity index (χ2v) is 11.2. The molecule has 34 heavy (non-hydrogen) atoms.